The van der Waals surface area contributed by atoms with Crippen LogP contribution in [0, 0.1) is 6.92 Å². The molecule has 0 saturated carbocycles. The summed E-state index contributed by atoms with van der Waals surface area (Å²) < 4.78 is 0. The van der Waals surface area contributed by atoms with Gasteiger partial charge >= 0.3 is 5.97 Å². The van der Waals surface area contributed by atoms with E-state index in [4.69, 9.17) is 5.11 Å². The highest BCUT2D eigenvalue weighted by Gasteiger charge is 2.10. The van der Waals surface area contributed by atoms with Crippen LogP contribution in [0.2, 0.25) is 0 Å². The Bertz CT molecular complexity index is 473. The average Bonchev–Trinajstić information content (AvgIpc) is 2.48. The van der Waals surface area contributed by atoms with E-state index in [0.717, 1.165) is 11.1 Å². The summed E-state index contributed by atoms with van der Waals surface area (Å²) in [5.74, 6) is -0.932. The number of hydrogen-bond donors (Lipinski definition) is 2. The monoisotopic (exact) mass is 176 g/mol. The summed E-state index contributed by atoms with van der Waals surface area (Å²) in [6, 6.07) is 0. The maximum absolute atomic E-state index is 10.7. The number of carbonyl (C=O) groups is 1. The van der Waals surface area contributed by atoms with Crippen LogP contribution in [0.5, 0.6) is 0 Å². The minimum Gasteiger partial charge on any atom is -0.478 e. The number of pyridine rings is 1. The van der Waals surface area contributed by atoms with Gasteiger partial charge in [-0.25, -0.2) is 4.79 Å². The van der Waals surface area contributed by atoms with Crippen molar-refractivity contribution in [1.29, 1.82) is 0 Å². The fourth-order valence-corrected chi connectivity index (χ4v) is 1.36. The van der Waals surface area contributed by atoms with Crippen LogP contribution in [0.4, 0.5) is 0 Å². The second-order valence-corrected chi connectivity index (χ2v) is 2.89. The fourth-order valence-electron chi connectivity index (χ4n) is 1.36. The van der Waals surface area contributed by atoms with Gasteiger partial charge in [0.1, 0.15) is 0 Å². The lowest BCUT2D eigenvalue weighted by Gasteiger charge is -1.94. The predicted molar refractivity (Wildman–Crippen MR) is 47.8 cm³/mol. The van der Waals surface area contributed by atoms with Gasteiger partial charge in [0.05, 0.1) is 11.1 Å². The topological polar surface area (TPSA) is 66.0 Å². The molecular weight excluding hydrogens is 168 g/mol. The Labute approximate surface area is 74.2 Å². The highest BCUT2D eigenvalue weighted by atomic mass is 16.4. The van der Waals surface area contributed by atoms with Gasteiger partial charge in [0.2, 0.25) is 0 Å². The molecule has 0 spiro atoms. The van der Waals surface area contributed by atoms with Crippen LogP contribution in [-0.4, -0.2) is 21.0 Å². The molecule has 0 bridgehead atoms. The Kier molecular flexibility index (Phi) is 1.55. The molecule has 0 unspecified atom stereocenters. The van der Waals surface area contributed by atoms with Crippen molar-refractivity contribution in [3.8, 4) is 0 Å². The normalized spacial score (nSPS) is 10.5. The van der Waals surface area contributed by atoms with Crippen molar-refractivity contribution in [1.82, 2.24) is 9.97 Å². The van der Waals surface area contributed by atoms with Gasteiger partial charge in [-0.05, 0) is 12.5 Å². The van der Waals surface area contributed by atoms with Crippen molar-refractivity contribution < 1.29 is 9.90 Å². The van der Waals surface area contributed by atoms with E-state index < -0.39 is 5.97 Å². The van der Waals surface area contributed by atoms with Crippen LogP contribution in [0.15, 0.2) is 18.6 Å². The smallest absolute Gasteiger partial charge is 0.337 e. The van der Waals surface area contributed by atoms with Gasteiger partial charge in [0.25, 0.3) is 0 Å². The lowest BCUT2D eigenvalue weighted by atomic mass is 10.2. The molecule has 0 atom stereocenters. The molecule has 0 amide bonds. The second-order valence-electron chi connectivity index (χ2n) is 2.89. The predicted octanol–water partition coefficient (Wildman–Crippen LogP) is 1.57. The average molecular weight is 176 g/mol. The molecule has 0 aliphatic heterocycles. The molecule has 2 aromatic heterocycles. The Morgan fingerprint density at radius 1 is 1.54 bits per heavy atom. The standard InChI is InChI=1S/C9H8N2O2/c1-5-2-10-3-6-7(9(12)13)4-11-8(5)6/h2-4,11H,1H3,(H,12,13). The molecule has 0 radical (unpaired) electrons. The maximum atomic E-state index is 10.7. The number of carboxylic acids is 1. The molecule has 0 fully saturated rings. The second kappa shape index (κ2) is 2.58. The summed E-state index contributed by atoms with van der Waals surface area (Å²) in [6.45, 7) is 1.89. The zero-order chi connectivity index (χ0) is 9.42. The van der Waals surface area contributed by atoms with Crippen molar-refractivity contribution in [2.24, 2.45) is 0 Å². The summed E-state index contributed by atoms with van der Waals surface area (Å²) in [7, 11) is 0. The number of aryl methyl sites for hydroxylation is 1. The van der Waals surface area contributed by atoms with Crippen molar-refractivity contribution in [3.63, 3.8) is 0 Å². The van der Waals surface area contributed by atoms with Crippen LogP contribution < -0.4 is 0 Å². The number of H-pyrrole nitrogens is 1. The first kappa shape index (κ1) is 7.79. The van der Waals surface area contributed by atoms with E-state index in [1.54, 1.807) is 12.4 Å². The van der Waals surface area contributed by atoms with Gasteiger partial charge in [0, 0.05) is 24.0 Å². The SMILES string of the molecule is Cc1cncc2c(C(=O)O)c[nH]c12. The molecule has 4 nitrogen and oxygen atoms in total. The highest BCUT2D eigenvalue weighted by Crippen LogP contribution is 2.19. The Morgan fingerprint density at radius 3 is 3.00 bits per heavy atom. The quantitative estimate of drug-likeness (QED) is 0.693. The van der Waals surface area contributed by atoms with Crippen molar-refractivity contribution in [3.05, 3.63) is 29.7 Å². The number of hydrogen-bond acceptors (Lipinski definition) is 2. The maximum Gasteiger partial charge on any atom is 0.337 e. The first-order chi connectivity index (χ1) is 6.20. The van der Waals surface area contributed by atoms with E-state index >= 15 is 0 Å². The Balaban J connectivity index is 2.83. The van der Waals surface area contributed by atoms with Gasteiger partial charge in [-0.2, -0.15) is 0 Å². The van der Waals surface area contributed by atoms with Crippen LogP contribution in [0.25, 0.3) is 10.9 Å². The molecule has 2 heterocycles. The lowest BCUT2D eigenvalue weighted by molar-refractivity contribution is 0.0699. The molecule has 66 valence electrons. The van der Waals surface area contributed by atoms with Crippen molar-refractivity contribution >= 4 is 16.9 Å². The number of carboxylic acid groups (broad SMARTS) is 1. The summed E-state index contributed by atoms with van der Waals surface area (Å²) in [6.07, 6.45) is 4.74. The number of fused-ring (bicyclic) bond motifs is 1. The van der Waals surface area contributed by atoms with Gasteiger partial charge in [-0.15, -0.1) is 0 Å². The van der Waals surface area contributed by atoms with Gasteiger partial charge in [-0.3, -0.25) is 4.98 Å². The van der Waals surface area contributed by atoms with E-state index in [-0.39, 0.29) is 5.56 Å². The van der Waals surface area contributed by atoms with E-state index in [2.05, 4.69) is 9.97 Å². The first-order valence-corrected chi connectivity index (χ1v) is 3.85. The number of aromatic nitrogens is 2. The lowest BCUT2D eigenvalue weighted by Crippen LogP contribution is -1.93. The molecule has 13 heavy (non-hydrogen) atoms. The number of nitrogens with zero attached hydrogens (tertiary/aromatic N) is 1. The molecule has 4 heteroatoms. The Hall–Kier alpha value is -1.84. The largest absolute Gasteiger partial charge is 0.478 e. The molecule has 2 N–H and O–H groups in total. The minimum atomic E-state index is -0.932. The summed E-state index contributed by atoms with van der Waals surface area (Å²) in [5, 5.41) is 9.47. The molecule has 0 saturated heterocycles. The van der Waals surface area contributed by atoms with Crippen LogP contribution in [0.1, 0.15) is 15.9 Å². The molecule has 2 aromatic rings. The summed E-state index contributed by atoms with van der Waals surface area (Å²) >= 11 is 0. The van der Waals surface area contributed by atoms with Gasteiger partial charge in [0.15, 0.2) is 0 Å². The molecule has 0 aliphatic rings. The Morgan fingerprint density at radius 2 is 2.31 bits per heavy atom. The first-order valence-electron chi connectivity index (χ1n) is 3.85. The van der Waals surface area contributed by atoms with Crippen LogP contribution >= 0.6 is 0 Å². The van der Waals surface area contributed by atoms with E-state index in [9.17, 15) is 4.79 Å². The zero-order valence-electron chi connectivity index (χ0n) is 7.03. The van der Waals surface area contributed by atoms with E-state index in [1.807, 2.05) is 6.92 Å². The van der Waals surface area contributed by atoms with Crippen molar-refractivity contribution in [2.75, 3.05) is 0 Å². The number of aromatic amines is 1. The van der Waals surface area contributed by atoms with Gasteiger partial charge < -0.3 is 10.1 Å². The van der Waals surface area contributed by atoms with E-state index in [0.29, 0.717) is 5.39 Å². The third-order valence-electron chi connectivity index (χ3n) is 2.02. The third kappa shape index (κ3) is 1.07. The van der Waals surface area contributed by atoms with E-state index in [1.165, 1.54) is 6.20 Å². The number of rotatable bonds is 1. The molecule has 0 aromatic carbocycles. The summed E-state index contributed by atoms with van der Waals surface area (Å²) in [5.41, 5.74) is 2.06. The fraction of sp³-hybridized carbons (Fsp3) is 0.111. The zero-order valence-corrected chi connectivity index (χ0v) is 7.03. The van der Waals surface area contributed by atoms with Crippen molar-refractivity contribution in [2.45, 2.75) is 6.92 Å². The summed E-state index contributed by atoms with van der Waals surface area (Å²) in [4.78, 5) is 17.6. The molecule has 0 aliphatic carbocycles. The third-order valence-corrected chi connectivity index (χ3v) is 2.02. The minimum absolute atomic E-state index is 0.270. The van der Waals surface area contributed by atoms with Crippen LogP contribution in [-0.2, 0) is 0 Å². The number of aromatic carboxylic acids is 1. The number of nitrogens with one attached hydrogen (secondary N) is 1. The van der Waals surface area contributed by atoms with Crippen LogP contribution in [0.3, 0.4) is 0 Å². The van der Waals surface area contributed by atoms with Gasteiger partial charge in [-0.1, -0.05) is 0 Å². The molecular formula is C9H8N2O2. The molecule has 2 rings (SSSR count). The highest BCUT2D eigenvalue weighted by molar-refractivity contribution is 6.03.